The Morgan fingerprint density at radius 2 is 1.86 bits per heavy atom. The number of thioether (sulfide) groups is 1. The average molecular weight is 239 g/mol. The van der Waals surface area contributed by atoms with Crippen LogP contribution < -0.4 is 5.73 Å². The number of carbonyl (C=O) groups is 1. The minimum Gasteiger partial charge on any atom is -0.480 e. The first-order chi connectivity index (χ1) is 6.59. The van der Waals surface area contributed by atoms with Crippen molar-refractivity contribution in [2.75, 3.05) is 17.3 Å². The van der Waals surface area contributed by atoms with E-state index in [0.29, 0.717) is 0 Å². The first-order valence-electron chi connectivity index (χ1n) is 4.77. The number of aliphatic carboxylic acids is 1. The molecule has 3 N–H and O–H groups in total. The fourth-order valence-corrected chi connectivity index (χ4v) is 1.41. The van der Waals surface area contributed by atoms with Crippen molar-refractivity contribution in [3.8, 4) is 0 Å². The molecule has 0 bridgehead atoms. The van der Waals surface area contributed by atoms with Crippen molar-refractivity contribution in [2.45, 2.75) is 32.7 Å². The quantitative estimate of drug-likeness (QED) is 0.489. The third-order valence-electron chi connectivity index (χ3n) is 1.21. The Morgan fingerprint density at radius 3 is 2.00 bits per heavy atom. The van der Waals surface area contributed by atoms with Crippen LogP contribution in [0.1, 0.15) is 26.7 Å². The number of hydrogen-bond acceptors (Lipinski definition) is 4. The first-order valence-corrected chi connectivity index (χ1v) is 6.55. The van der Waals surface area contributed by atoms with Crippen LogP contribution in [-0.2, 0) is 4.79 Å². The van der Waals surface area contributed by atoms with Gasteiger partial charge in [-0.15, -0.1) is 0 Å². The van der Waals surface area contributed by atoms with E-state index in [9.17, 15) is 4.79 Å². The van der Waals surface area contributed by atoms with Gasteiger partial charge in [0.15, 0.2) is 0 Å². The normalized spacial score (nSPS) is 11.4. The Labute approximate surface area is 96.2 Å². The molecule has 0 radical (unpaired) electrons. The summed E-state index contributed by atoms with van der Waals surface area (Å²) in [5.41, 5.74) is 4.94. The molecule has 3 nitrogen and oxygen atoms in total. The van der Waals surface area contributed by atoms with Gasteiger partial charge in [0, 0.05) is 5.75 Å². The molecule has 14 heavy (non-hydrogen) atoms. The van der Waals surface area contributed by atoms with E-state index in [1.165, 1.54) is 24.3 Å². The molecule has 0 amide bonds. The second-order valence-corrected chi connectivity index (χ2v) is 4.33. The lowest BCUT2D eigenvalue weighted by molar-refractivity contribution is -0.137. The predicted molar refractivity (Wildman–Crippen MR) is 67.4 cm³/mol. The maximum absolute atomic E-state index is 9.76. The molecule has 0 heterocycles. The summed E-state index contributed by atoms with van der Waals surface area (Å²) in [7, 11) is 0. The first kappa shape index (κ1) is 16.6. The monoisotopic (exact) mass is 239 g/mol. The van der Waals surface area contributed by atoms with Gasteiger partial charge in [-0.2, -0.15) is 24.4 Å². The highest BCUT2D eigenvalue weighted by Gasteiger charge is 2.06. The highest BCUT2D eigenvalue weighted by molar-refractivity contribution is 7.99. The van der Waals surface area contributed by atoms with Crippen molar-refractivity contribution < 1.29 is 9.90 Å². The van der Waals surface area contributed by atoms with Gasteiger partial charge >= 0.3 is 5.97 Å². The summed E-state index contributed by atoms with van der Waals surface area (Å²) in [6.07, 6.45) is 2.65. The van der Waals surface area contributed by atoms with E-state index in [1.807, 2.05) is 0 Å². The molecule has 0 aliphatic heterocycles. The van der Waals surface area contributed by atoms with Crippen molar-refractivity contribution in [1.82, 2.24) is 0 Å². The van der Waals surface area contributed by atoms with Gasteiger partial charge in [-0.1, -0.05) is 13.8 Å². The molecule has 0 aromatic rings. The van der Waals surface area contributed by atoms with Crippen molar-refractivity contribution >= 4 is 30.4 Å². The van der Waals surface area contributed by atoms with Crippen LogP contribution in [0.2, 0.25) is 0 Å². The van der Waals surface area contributed by atoms with E-state index in [0.717, 1.165) is 0 Å². The lowest BCUT2D eigenvalue weighted by Gasteiger charge is -1.96. The Morgan fingerprint density at radius 1 is 1.43 bits per heavy atom. The van der Waals surface area contributed by atoms with E-state index in [4.69, 9.17) is 10.8 Å². The molecule has 0 aromatic heterocycles. The van der Waals surface area contributed by atoms with Crippen LogP contribution in [0.15, 0.2) is 0 Å². The maximum Gasteiger partial charge on any atom is 0.321 e. The van der Waals surface area contributed by atoms with Crippen LogP contribution in [-0.4, -0.2) is 34.4 Å². The minimum absolute atomic E-state index is 0.190. The molecule has 0 fully saturated rings. The van der Waals surface area contributed by atoms with Crippen molar-refractivity contribution in [3.05, 3.63) is 0 Å². The lowest BCUT2D eigenvalue weighted by atomic mass is 10.4. The molecule has 5 heteroatoms. The third kappa shape index (κ3) is 14.6. The highest BCUT2D eigenvalue weighted by atomic mass is 32.2. The average Bonchev–Trinajstić information content (AvgIpc) is 2.18. The van der Waals surface area contributed by atoms with Crippen molar-refractivity contribution in [2.24, 2.45) is 5.73 Å². The predicted octanol–water partition coefficient (Wildman–Crippen LogP) is 1.87. The summed E-state index contributed by atoms with van der Waals surface area (Å²) in [6, 6.07) is -0.816. The lowest BCUT2D eigenvalue weighted by Crippen LogP contribution is -2.31. The maximum atomic E-state index is 9.76. The Balaban J connectivity index is 0. The van der Waals surface area contributed by atoms with E-state index < -0.39 is 12.0 Å². The summed E-state index contributed by atoms with van der Waals surface area (Å²) in [5, 5.41) is 8.01. The molecule has 1 atom stereocenters. The second kappa shape index (κ2) is 13.1. The summed E-state index contributed by atoms with van der Waals surface area (Å²) in [4.78, 5) is 9.76. The summed E-state index contributed by atoms with van der Waals surface area (Å²) < 4.78 is 0. The van der Waals surface area contributed by atoms with Crippen molar-refractivity contribution in [1.29, 1.82) is 0 Å². The van der Waals surface area contributed by atoms with Crippen molar-refractivity contribution in [3.63, 3.8) is 0 Å². The molecule has 0 spiro atoms. The Hall–Kier alpha value is 0.130. The third-order valence-corrected chi connectivity index (χ3v) is 3.00. The van der Waals surface area contributed by atoms with Crippen LogP contribution in [0.25, 0.3) is 0 Å². The zero-order chi connectivity index (χ0) is 11.4. The topological polar surface area (TPSA) is 63.3 Å². The molecule has 0 aromatic carbocycles. The molecular formula is C9H21NO2S2. The molecule has 0 aliphatic rings. The number of nitrogens with two attached hydrogens (primary N) is 1. The number of carboxylic acid groups (broad SMARTS) is 1. The number of hydrogen-bond donors (Lipinski definition) is 3. The van der Waals surface area contributed by atoms with Crippen LogP contribution in [0, 0.1) is 0 Å². The van der Waals surface area contributed by atoms with E-state index in [-0.39, 0.29) is 5.75 Å². The number of carboxylic acids is 1. The molecular weight excluding hydrogens is 218 g/mol. The number of rotatable bonds is 6. The zero-order valence-corrected chi connectivity index (χ0v) is 10.6. The van der Waals surface area contributed by atoms with Crippen LogP contribution >= 0.6 is 24.4 Å². The van der Waals surface area contributed by atoms with Crippen LogP contribution in [0.4, 0.5) is 0 Å². The summed E-state index contributed by atoms with van der Waals surface area (Å²) >= 11 is 5.70. The SMILES string of the molecule is CCCSCCC.N[C@@H](CS)C(=O)O. The van der Waals surface area contributed by atoms with E-state index in [2.05, 4.69) is 38.2 Å². The summed E-state index contributed by atoms with van der Waals surface area (Å²) in [5.74, 6) is 1.87. The molecule has 0 aliphatic carbocycles. The van der Waals surface area contributed by atoms with Gasteiger partial charge in [-0.3, -0.25) is 4.79 Å². The van der Waals surface area contributed by atoms with Gasteiger partial charge < -0.3 is 10.8 Å². The molecule has 0 saturated heterocycles. The highest BCUT2D eigenvalue weighted by Crippen LogP contribution is 2.02. The smallest absolute Gasteiger partial charge is 0.321 e. The molecule has 86 valence electrons. The van der Waals surface area contributed by atoms with E-state index in [1.54, 1.807) is 0 Å². The zero-order valence-electron chi connectivity index (χ0n) is 8.90. The Kier molecular flexibility index (Phi) is 15.5. The van der Waals surface area contributed by atoms with Crippen LogP contribution in [0.5, 0.6) is 0 Å². The molecule has 0 rings (SSSR count). The number of thiol groups is 1. The largest absolute Gasteiger partial charge is 0.480 e. The van der Waals surface area contributed by atoms with Gasteiger partial charge in [0.05, 0.1) is 0 Å². The van der Waals surface area contributed by atoms with Crippen LogP contribution in [0.3, 0.4) is 0 Å². The van der Waals surface area contributed by atoms with Gasteiger partial charge in [0.25, 0.3) is 0 Å². The van der Waals surface area contributed by atoms with E-state index >= 15 is 0 Å². The molecule has 0 unspecified atom stereocenters. The minimum atomic E-state index is -1.00. The fourth-order valence-electron chi connectivity index (χ4n) is 0.469. The standard InChI is InChI=1S/C6H14S.C3H7NO2S/c1-3-5-7-6-4-2;4-2(1-7)3(5)6/h3-6H2,1-2H3;2,7H,1,4H2,(H,5,6)/t;2-/m.0/s1. The Bertz CT molecular complexity index is 130. The second-order valence-electron chi connectivity index (χ2n) is 2.74. The fraction of sp³-hybridized carbons (Fsp3) is 0.889. The van der Waals surface area contributed by atoms with Gasteiger partial charge in [-0.05, 0) is 24.3 Å². The molecule has 0 saturated carbocycles. The van der Waals surface area contributed by atoms with Gasteiger partial charge in [0.2, 0.25) is 0 Å². The van der Waals surface area contributed by atoms with Gasteiger partial charge in [-0.25, -0.2) is 0 Å². The van der Waals surface area contributed by atoms with Gasteiger partial charge in [0.1, 0.15) is 6.04 Å². The summed E-state index contributed by atoms with van der Waals surface area (Å²) in [6.45, 7) is 4.45.